The predicted molar refractivity (Wildman–Crippen MR) is 111 cm³/mol. The van der Waals surface area contributed by atoms with Crippen LogP contribution in [-0.4, -0.2) is 38.2 Å². The Balaban J connectivity index is 1.71. The number of hydrogen-bond acceptors (Lipinski definition) is 6. The van der Waals surface area contributed by atoms with E-state index >= 15 is 4.39 Å². The number of fused-ring (bicyclic) bond motifs is 1. The zero-order valence-corrected chi connectivity index (χ0v) is 17.5. The fraction of sp³-hybridized carbons (Fsp3) is 0.350. The lowest BCUT2D eigenvalue weighted by molar-refractivity contribution is 0.0238. The summed E-state index contributed by atoms with van der Waals surface area (Å²) in [6, 6.07) is 5.19. The number of anilines is 1. The van der Waals surface area contributed by atoms with Crippen molar-refractivity contribution in [3.8, 4) is 0 Å². The molecule has 0 saturated carbocycles. The standard InChI is InChI=1S/C20H19F4N5OS/c1-28-18-13(6-14(19(28)30)20(24)8-29(9-20)31-2)17(26-10-27-18)25-7-11-4-3-5-12(15(11)21)16(22)23/h3-6,10,16H,7-9H2,1-2H3,(H,25,26,27). The molecule has 0 atom stereocenters. The van der Waals surface area contributed by atoms with Gasteiger partial charge in [-0.1, -0.05) is 30.1 Å². The molecule has 1 aliphatic heterocycles. The van der Waals surface area contributed by atoms with E-state index in [1.807, 2.05) is 6.26 Å². The van der Waals surface area contributed by atoms with Crippen molar-refractivity contribution in [2.24, 2.45) is 7.05 Å². The second kappa shape index (κ2) is 8.12. The van der Waals surface area contributed by atoms with Gasteiger partial charge >= 0.3 is 0 Å². The molecule has 11 heteroatoms. The number of pyridine rings is 1. The minimum Gasteiger partial charge on any atom is -0.365 e. The molecule has 1 N–H and O–H groups in total. The van der Waals surface area contributed by atoms with Gasteiger partial charge in [-0.05, 0) is 12.3 Å². The lowest BCUT2D eigenvalue weighted by Crippen LogP contribution is -2.55. The molecule has 0 unspecified atom stereocenters. The molecule has 1 aromatic carbocycles. The third-order valence-electron chi connectivity index (χ3n) is 5.39. The Morgan fingerprint density at radius 2 is 2.03 bits per heavy atom. The molecule has 1 fully saturated rings. The van der Waals surface area contributed by atoms with Gasteiger partial charge in [0.1, 0.15) is 23.6 Å². The maximum atomic E-state index is 15.3. The summed E-state index contributed by atoms with van der Waals surface area (Å²) in [6.07, 6.45) is 0.122. The van der Waals surface area contributed by atoms with E-state index in [0.29, 0.717) is 5.39 Å². The second-order valence-corrected chi connectivity index (χ2v) is 8.18. The summed E-state index contributed by atoms with van der Waals surface area (Å²) in [5.74, 6) is -0.751. The third kappa shape index (κ3) is 3.76. The number of benzene rings is 1. The molecule has 31 heavy (non-hydrogen) atoms. The summed E-state index contributed by atoms with van der Waals surface area (Å²) in [5, 5.41) is 3.28. The number of hydrogen-bond donors (Lipinski definition) is 1. The van der Waals surface area contributed by atoms with Crippen molar-refractivity contribution in [2.45, 2.75) is 18.6 Å². The molecule has 2 aromatic heterocycles. The van der Waals surface area contributed by atoms with Crippen LogP contribution in [0.3, 0.4) is 0 Å². The van der Waals surface area contributed by atoms with Gasteiger partial charge in [-0.3, -0.25) is 9.36 Å². The Morgan fingerprint density at radius 1 is 1.29 bits per heavy atom. The zero-order chi connectivity index (χ0) is 22.3. The molecule has 3 heterocycles. The van der Waals surface area contributed by atoms with E-state index in [-0.39, 0.29) is 42.2 Å². The van der Waals surface area contributed by atoms with Gasteiger partial charge in [-0.15, -0.1) is 0 Å². The first-order valence-electron chi connectivity index (χ1n) is 9.37. The van der Waals surface area contributed by atoms with Crippen LogP contribution in [0.5, 0.6) is 0 Å². The SMILES string of the molecule is CSN1CC(F)(c2cc3c(NCc4cccc(C(F)F)c4F)ncnc3n(C)c2=O)C1. The van der Waals surface area contributed by atoms with Crippen LogP contribution in [0.1, 0.15) is 23.1 Å². The third-order valence-corrected chi connectivity index (χ3v) is 6.16. The summed E-state index contributed by atoms with van der Waals surface area (Å²) < 4.78 is 58.7. The van der Waals surface area contributed by atoms with Gasteiger partial charge in [0.25, 0.3) is 12.0 Å². The maximum absolute atomic E-state index is 15.3. The monoisotopic (exact) mass is 453 g/mol. The van der Waals surface area contributed by atoms with E-state index in [1.165, 1.54) is 48.1 Å². The Morgan fingerprint density at radius 3 is 2.71 bits per heavy atom. The van der Waals surface area contributed by atoms with Crippen molar-refractivity contribution in [1.82, 2.24) is 18.8 Å². The minimum atomic E-state index is -2.93. The number of aromatic nitrogens is 3. The molecular weight excluding hydrogens is 434 g/mol. The highest BCUT2D eigenvalue weighted by Gasteiger charge is 2.47. The summed E-state index contributed by atoms with van der Waals surface area (Å²) in [5.41, 5.74) is -2.66. The van der Waals surface area contributed by atoms with Gasteiger partial charge < -0.3 is 5.32 Å². The number of nitrogens with one attached hydrogen (secondary N) is 1. The molecule has 6 nitrogen and oxygen atoms in total. The molecule has 0 amide bonds. The van der Waals surface area contributed by atoms with Crippen molar-refractivity contribution >= 4 is 28.8 Å². The van der Waals surface area contributed by atoms with Crippen LogP contribution in [0.4, 0.5) is 23.4 Å². The van der Waals surface area contributed by atoms with Gasteiger partial charge in [0, 0.05) is 32.2 Å². The van der Waals surface area contributed by atoms with E-state index in [9.17, 15) is 18.0 Å². The average molecular weight is 453 g/mol. The number of nitrogens with zero attached hydrogens (tertiary/aromatic N) is 4. The van der Waals surface area contributed by atoms with Crippen LogP contribution in [-0.2, 0) is 19.3 Å². The molecule has 1 aliphatic rings. The predicted octanol–water partition coefficient (Wildman–Crippen LogP) is 3.78. The highest BCUT2D eigenvalue weighted by Crippen LogP contribution is 2.38. The highest BCUT2D eigenvalue weighted by atomic mass is 32.2. The largest absolute Gasteiger partial charge is 0.365 e. The Hall–Kier alpha value is -2.66. The van der Waals surface area contributed by atoms with Gasteiger partial charge in [0.15, 0.2) is 5.67 Å². The van der Waals surface area contributed by atoms with Crippen LogP contribution >= 0.6 is 11.9 Å². The average Bonchev–Trinajstić information content (AvgIpc) is 2.73. The van der Waals surface area contributed by atoms with E-state index in [2.05, 4.69) is 15.3 Å². The number of halogens is 4. The van der Waals surface area contributed by atoms with Gasteiger partial charge in [0.05, 0.1) is 16.5 Å². The molecule has 0 spiro atoms. The minimum absolute atomic E-state index is 0.00321. The molecule has 1 saturated heterocycles. The number of alkyl halides is 3. The zero-order valence-electron chi connectivity index (χ0n) is 16.7. The van der Waals surface area contributed by atoms with Crippen LogP contribution in [0.2, 0.25) is 0 Å². The molecule has 0 aliphatic carbocycles. The summed E-state index contributed by atoms with van der Waals surface area (Å²) in [6.45, 7) is 0.0334. The molecule has 4 rings (SSSR count). The van der Waals surface area contributed by atoms with Crippen molar-refractivity contribution in [1.29, 1.82) is 0 Å². The van der Waals surface area contributed by atoms with E-state index in [4.69, 9.17) is 0 Å². The summed E-state index contributed by atoms with van der Waals surface area (Å²) in [7, 11) is 1.49. The molecule has 164 valence electrons. The van der Waals surface area contributed by atoms with Gasteiger partial charge in [0.2, 0.25) is 0 Å². The molecule has 0 radical (unpaired) electrons. The van der Waals surface area contributed by atoms with Gasteiger partial charge in [-0.25, -0.2) is 31.8 Å². The van der Waals surface area contributed by atoms with E-state index in [0.717, 1.165) is 6.07 Å². The lowest BCUT2D eigenvalue weighted by atomic mass is 9.90. The van der Waals surface area contributed by atoms with Crippen molar-refractivity contribution in [2.75, 3.05) is 24.7 Å². The number of aryl methyl sites for hydroxylation is 1. The number of rotatable bonds is 6. The van der Waals surface area contributed by atoms with Crippen molar-refractivity contribution < 1.29 is 17.6 Å². The van der Waals surface area contributed by atoms with E-state index in [1.54, 1.807) is 4.31 Å². The maximum Gasteiger partial charge on any atom is 0.266 e. The van der Waals surface area contributed by atoms with Crippen LogP contribution < -0.4 is 10.9 Å². The second-order valence-electron chi connectivity index (χ2n) is 7.30. The van der Waals surface area contributed by atoms with Crippen molar-refractivity contribution in [3.63, 3.8) is 0 Å². The summed E-state index contributed by atoms with van der Waals surface area (Å²) in [4.78, 5) is 21.0. The van der Waals surface area contributed by atoms with Crippen LogP contribution in [0.25, 0.3) is 11.0 Å². The smallest absolute Gasteiger partial charge is 0.266 e. The normalized spacial score (nSPS) is 16.0. The fourth-order valence-electron chi connectivity index (χ4n) is 3.63. The summed E-state index contributed by atoms with van der Waals surface area (Å²) >= 11 is 1.39. The Bertz CT molecular complexity index is 1200. The first-order valence-corrected chi connectivity index (χ1v) is 10.6. The topological polar surface area (TPSA) is 63.0 Å². The molecule has 3 aromatic rings. The highest BCUT2D eigenvalue weighted by molar-refractivity contribution is 7.96. The first kappa shape index (κ1) is 21.6. The molecule has 0 bridgehead atoms. The first-order chi connectivity index (χ1) is 14.7. The lowest BCUT2D eigenvalue weighted by Gasteiger charge is -2.42. The van der Waals surface area contributed by atoms with Crippen LogP contribution in [0.15, 0.2) is 35.4 Å². The Labute approximate surface area is 179 Å². The van der Waals surface area contributed by atoms with Gasteiger partial charge in [-0.2, -0.15) is 0 Å². The fourth-order valence-corrected chi connectivity index (χ4v) is 4.29. The Kier molecular flexibility index (Phi) is 5.65. The quantitative estimate of drug-likeness (QED) is 0.453. The van der Waals surface area contributed by atoms with Crippen LogP contribution in [0, 0.1) is 5.82 Å². The molecular formula is C20H19F4N5OS. The van der Waals surface area contributed by atoms with Crippen molar-refractivity contribution in [3.05, 3.63) is 63.5 Å². The van der Waals surface area contributed by atoms with E-state index < -0.39 is 29.0 Å².